The van der Waals surface area contributed by atoms with Gasteiger partial charge in [0.25, 0.3) is 5.91 Å². The van der Waals surface area contributed by atoms with Gasteiger partial charge in [0, 0.05) is 24.8 Å². The van der Waals surface area contributed by atoms with E-state index in [-0.39, 0.29) is 11.6 Å². The van der Waals surface area contributed by atoms with Crippen LogP contribution in [0.2, 0.25) is 0 Å². The number of carboxylic acids is 1. The first-order valence-electron chi connectivity index (χ1n) is 6.22. The molecule has 1 fully saturated rings. The molecule has 1 aromatic heterocycles. The van der Waals surface area contributed by atoms with Crippen LogP contribution in [0.5, 0.6) is 0 Å². The van der Waals surface area contributed by atoms with E-state index in [4.69, 9.17) is 5.11 Å². The lowest BCUT2D eigenvalue weighted by molar-refractivity contribution is 0.0690. The Morgan fingerprint density at radius 2 is 2.37 bits per heavy atom. The Labute approximate surface area is 111 Å². The molecule has 0 bridgehead atoms. The monoisotopic (exact) mass is 263 g/mol. The molecule has 102 valence electrons. The number of rotatable bonds is 4. The molecule has 1 saturated heterocycles. The summed E-state index contributed by atoms with van der Waals surface area (Å²) in [6.45, 7) is 2.66. The third kappa shape index (κ3) is 3.51. The predicted molar refractivity (Wildman–Crippen MR) is 69.1 cm³/mol. The van der Waals surface area contributed by atoms with Crippen LogP contribution in [0.25, 0.3) is 0 Å². The Morgan fingerprint density at radius 3 is 3.00 bits per heavy atom. The van der Waals surface area contributed by atoms with Crippen molar-refractivity contribution < 1.29 is 14.7 Å². The number of carbonyl (C=O) groups excluding carboxylic acids is 1. The van der Waals surface area contributed by atoms with E-state index >= 15 is 0 Å². The number of hydrogen-bond acceptors (Lipinski definition) is 4. The maximum Gasteiger partial charge on any atom is 0.354 e. The highest BCUT2D eigenvalue weighted by molar-refractivity contribution is 5.96. The maximum atomic E-state index is 11.9. The Hall–Kier alpha value is -1.95. The highest BCUT2D eigenvalue weighted by Gasteiger charge is 2.20. The summed E-state index contributed by atoms with van der Waals surface area (Å²) in [6.07, 6.45) is 2.41. The van der Waals surface area contributed by atoms with E-state index < -0.39 is 5.97 Å². The number of carboxylic acid groups (broad SMARTS) is 1. The van der Waals surface area contributed by atoms with Gasteiger partial charge in [0.05, 0.1) is 0 Å². The summed E-state index contributed by atoms with van der Waals surface area (Å²) in [5.74, 6) is -0.916. The Bertz CT molecular complexity index is 490. The smallest absolute Gasteiger partial charge is 0.354 e. The molecule has 19 heavy (non-hydrogen) atoms. The van der Waals surface area contributed by atoms with Crippen molar-refractivity contribution in [3.8, 4) is 0 Å². The lowest BCUT2D eigenvalue weighted by Crippen LogP contribution is -2.30. The minimum atomic E-state index is -1.13. The maximum absolute atomic E-state index is 11.9. The van der Waals surface area contributed by atoms with E-state index in [1.807, 2.05) is 0 Å². The number of hydrogen-bond donors (Lipinski definition) is 2. The highest BCUT2D eigenvalue weighted by atomic mass is 16.4. The van der Waals surface area contributed by atoms with Crippen molar-refractivity contribution in [3.63, 3.8) is 0 Å². The molecule has 1 atom stereocenters. The zero-order valence-electron chi connectivity index (χ0n) is 10.8. The number of aromatic carboxylic acids is 1. The van der Waals surface area contributed by atoms with Gasteiger partial charge in [0.15, 0.2) is 0 Å². The minimum absolute atomic E-state index is 0.117. The van der Waals surface area contributed by atoms with Crippen LogP contribution in [0.4, 0.5) is 0 Å². The molecule has 0 saturated carbocycles. The number of pyridine rings is 1. The highest BCUT2D eigenvalue weighted by Crippen LogP contribution is 2.13. The van der Waals surface area contributed by atoms with Gasteiger partial charge in [-0.1, -0.05) is 0 Å². The summed E-state index contributed by atoms with van der Waals surface area (Å²) in [7, 11) is 2.06. The zero-order valence-corrected chi connectivity index (χ0v) is 10.8. The van der Waals surface area contributed by atoms with Gasteiger partial charge in [-0.3, -0.25) is 4.79 Å². The molecule has 1 aliphatic rings. The Kier molecular flexibility index (Phi) is 4.11. The second kappa shape index (κ2) is 5.79. The molecule has 0 aromatic carbocycles. The third-order valence-electron chi connectivity index (χ3n) is 3.28. The number of amides is 1. The van der Waals surface area contributed by atoms with Gasteiger partial charge in [-0.05, 0) is 38.1 Å². The molecule has 6 nitrogen and oxygen atoms in total. The summed E-state index contributed by atoms with van der Waals surface area (Å²) < 4.78 is 0. The molecule has 0 radical (unpaired) electrons. The van der Waals surface area contributed by atoms with Crippen molar-refractivity contribution in [3.05, 3.63) is 29.6 Å². The van der Waals surface area contributed by atoms with E-state index in [0.717, 1.165) is 19.5 Å². The molecule has 0 spiro atoms. The van der Waals surface area contributed by atoms with Gasteiger partial charge < -0.3 is 15.3 Å². The van der Waals surface area contributed by atoms with Gasteiger partial charge in [0.1, 0.15) is 5.69 Å². The number of nitrogens with one attached hydrogen (secondary N) is 1. The SMILES string of the molecule is CN1CCC(CNC(=O)c2ccnc(C(=O)O)c2)C1. The molecule has 2 rings (SSSR count). The molecule has 0 aliphatic carbocycles. The summed E-state index contributed by atoms with van der Waals surface area (Å²) in [5, 5.41) is 11.7. The van der Waals surface area contributed by atoms with Gasteiger partial charge in [0.2, 0.25) is 0 Å². The first-order valence-corrected chi connectivity index (χ1v) is 6.22. The molecule has 6 heteroatoms. The van der Waals surface area contributed by atoms with Crippen molar-refractivity contribution in [2.75, 3.05) is 26.7 Å². The summed E-state index contributed by atoms with van der Waals surface area (Å²) in [6, 6.07) is 2.81. The molecule has 1 aromatic rings. The van der Waals surface area contributed by atoms with Crippen LogP contribution >= 0.6 is 0 Å². The normalized spacial score (nSPS) is 19.3. The Balaban J connectivity index is 1.92. The van der Waals surface area contributed by atoms with Crippen LogP contribution in [0.1, 0.15) is 27.3 Å². The molecular formula is C13H17N3O3. The molecule has 2 N–H and O–H groups in total. The van der Waals surface area contributed by atoms with E-state index in [0.29, 0.717) is 18.0 Å². The quantitative estimate of drug-likeness (QED) is 0.824. The van der Waals surface area contributed by atoms with E-state index in [9.17, 15) is 9.59 Å². The van der Waals surface area contributed by atoms with Gasteiger partial charge in [-0.2, -0.15) is 0 Å². The van der Waals surface area contributed by atoms with Crippen LogP contribution in [0, 0.1) is 5.92 Å². The van der Waals surface area contributed by atoms with Crippen LogP contribution in [-0.2, 0) is 0 Å². The average Bonchev–Trinajstić information content (AvgIpc) is 2.82. The van der Waals surface area contributed by atoms with Crippen LogP contribution < -0.4 is 5.32 Å². The van der Waals surface area contributed by atoms with Gasteiger partial charge in [-0.25, -0.2) is 9.78 Å². The molecule has 1 amide bonds. The molecule has 2 heterocycles. The first kappa shape index (κ1) is 13.5. The zero-order chi connectivity index (χ0) is 13.8. The lowest BCUT2D eigenvalue weighted by atomic mass is 10.1. The second-order valence-electron chi connectivity index (χ2n) is 4.86. The first-order chi connectivity index (χ1) is 9.06. The number of carbonyl (C=O) groups is 2. The van der Waals surface area contributed by atoms with Gasteiger partial charge in [-0.15, -0.1) is 0 Å². The van der Waals surface area contributed by atoms with Crippen LogP contribution in [-0.4, -0.2) is 53.5 Å². The van der Waals surface area contributed by atoms with E-state index in [1.165, 1.54) is 18.3 Å². The lowest BCUT2D eigenvalue weighted by Gasteiger charge is -2.11. The molecular weight excluding hydrogens is 246 g/mol. The van der Waals surface area contributed by atoms with Crippen molar-refractivity contribution in [2.45, 2.75) is 6.42 Å². The standard InChI is InChI=1S/C13H17N3O3/c1-16-5-3-9(8-16)7-15-12(17)10-2-4-14-11(6-10)13(18)19/h2,4,6,9H,3,5,7-8H2,1H3,(H,15,17)(H,18,19). The predicted octanol–water partition coefficient (Wildman–Crippen LogP) is 0.461. The fourth-order valence-electron chi connectivity index (χ4n) is 2.22. The fraction of sp³-hybridized carbons (Fsp3) is 0.462. The number of nitrogens with zero attached hydrogens (tertiary/aromatic N) is 2. The Morgan fingerprint density at radius 1 is 1.58 bits per heavy atom. The summed E-state index contributed by atoms with van der Waals surface area (Å²) >= 11 is 0. The van der Waals surface area contributed by atoms with E-state index in [1.54, 1.807) is 0 Å². The van der Waals surface area contributed by atoms with E-state index in [2.05, 4.69) is 22.2 Å². The summed E-state index contributed by atoms with van der Waals surface area (Å²) in [5.41, 5.74) is 0.215. The second-order valence-corrected chi connectivity index (χ2v) is 4.86. The summed E-state index contributed by atoms with van der Waals surface area (Å²) in [4.78, 5) is 28.6. The van der Waals surface area contributed by atoms with Crippen LogP contribution in [0.15, 0.2) is 18.3 Å². The minimum Gasteiger partial charge on any atom is -0.477 e. The van der Waals surface area contributed by atoms with Gasteiger partial charge >= 0.3 is 5.97 Å². The van der Waals surface area contributed by atoms with Crippen LogP contribution in [0.3, 0.4) is 0 Å². The van der Waals surface area contributed by atoms with Crippen molar-refractivity contribution >= 4 is 11.9 Å². The number of likely N-dealkylation sites (tertiary alicyclic amines) is 1. The molecule has 1 unspecified atom stereocenters. The van der Waals surface area contributed by atoms with Crippen molar-refractivity contribution in [1.29, 1.82) is 0 Å². The number of aromatic nitrogens is 1. The molecule has 1 aliphatic heterocycles. The largest absolute Gasteiger partial charge is 0.477 e. The topological polar surface area (TPSA) is 82.5 Å². The van der Waals surface area contributed by atoms with Crippen molar-refractivity contribution in [1.82, 2.24) is 15.2 Å². The van der Waals surface area contributed by atoms with Crippen molar-refractivity contribution in [2.24, 2.45) is 5.92 Å². The third-order valence-corrected chi connectivity index (χ3v) is 3.28. The average molecular weight is 263 g/mol. The fourth-order valence-corrected chi connectivity index (χ4v) is 2.22.